The van der Waals surface area contributed by atoms with Crippen molar-refractivity contribution in [1.29, 1.82) is 0 Å². The van der Waals surface area contributed by atoms with Crippen molar-refractivity contribution in [3.8, 4) is 0 Å². The van der Waals surface area contributed by atoms with Crippen molar-refractivity contribution in [3.63, 3.8) is 0 Å². The number of hydrogen-bond acceptors (Lipinski definition) is 7. The maximum Gasteiger partial charge on any atom is 0.293 e. The number of nitrogens with zero attached hydrogens (tertiary/aromatic N) is 2. The van der Waals surface area contributed by atoms with E-state index in [1.807, 2.05) is 0 Å². The minimum absolute atomic E-state index is 0.121. The first-order valence-corrected chi connectivity index (χ1v) is 5.86. The highest BCUT2D eigenvalue weighted by molar-refractivity contribution is 5.79. The van der Waals surface area contributed by atoms with Gasteiger partial charge in [-0.25, -0.2) is 0 Å². The zero-order valence-electron chi connectivity index (χ0n) is 11.1. The number of amides is 2. The quantitative estimate of drug-likeness (QED) is 0.261. The van der Waals surface area contributed by atoms with Crippen molar-refractivity contribution in [3.05, 3.63) is 33.9 Å². The van der Waals surface area contributed by atoms with Crippen molar-refractivity contribution in [2.75, 3.05) is 18.5 Å². The summed E-state index contributed by atoms with van der Waals surface area (Å²) in [6.45, 7) is -0.158. The molecule has 0 bridgehead atoms. The fourth-order valence-electron chi connectivity index (χ4n) is 1.82. The summed E-state index contributed by atoms with van der Waals surface area (Å²) in [5.74, 6) is 4.00. The van der Waals surface area contributed by atoms with Crippen molar-refractivity contribution in [2.45, 2.75) is 6.54 Å². The number of primary amides is 2. The number of carbonyl (C=O) groups is 2. The van der Waals surface area contributed by atoms with Crippen LogP contribution in [0.15, 0.2) is 18.2 Å². The lowest BCUT2D eigenvalue weighted by Crippen LogP contribution is -2.39. The van der Waals surface area contributed by atoms with Gasteiger partial charge in [-0.1, -0.05) is 6.07 Å². The zero-order chi connectivity index (χ0) is 16.0. The summed E-state index contributed by atoms with van der Waals surface area (Å²) in [6.07, 6.45) is 0. The summed E-state index contributed by atoms with van der Waals surface area (Å²) in [4.78, 5) is 33.5. The summed E-state index contributed by atoms with van der Waals surface area (Å²) in [7, 11) is 0. The van der Waals surface area contributed by atoms with Crippen LogP contribution in [-0.4, -0.2) is 34.7 Å². The van der Waals surface area contributed by atoms with Crippen molar-refractivity contribution >= 4 is 23.2 Å². The minimum atomic E-state index is -0.615. The summed E-state index contributed by atoms with van der Waals surface area (Å²) in [6, 6.07) is 4.22. The summed E-state index contributed by atoms with van der Waals surface area (Å²) in [5.41, 5.74) is 13.0. The van der Waals surface area contributed by atoms with Gasteiger partial charge in [-0.05, 0) is 11.6 Å². The smallest absolute Gasteiger partial charge is 0.293 e. The lowest BCUT2D eigenvalue weighted by Gasteiger charge is -2.19. The van der Waals surface area contributed by atoms with Gasteiger partial charge < -0.3 is 16.9 Å². The number of nitro groups is 1. The Morgan fingerprint density at radius 3 is 2.24 bits per heavy atom. The lowest BCUT2D eigenvalue weighted by atomic mass is 10.1. The number of benzene rings is 1. The van der Waals surface area contributed by atoms with E-state index < -0.39 is 16.7 Å². The minimum Gasteiger partial charge on any atom is -0.369 e. The highest BCUT2D eigenvalue weighted by atomic mass is 16.6. The SMILES string of the molecule is NNc1cc(CN(CC(N)=O)CC(N)=O)ccc1[N+](=O)[O-]. The van der Waals surface area contributed by atoms with Gasteiger partial charge in [0.15, 0.2) is 0 Å². The van der Waals surface area contributed by atoms with Gasteiger partial charge in [-0.15, -0.1) is 0 Å². The van der Waals surface area contributed by atoms with E-state index in [0.29, 0.717) is 5.56 Å². The molecular formula is C11H16N6O4. The molecule has 1 rings (SSSR count). The van der Waals surface area contributed by atoms with Crippen LogP contribution in [0.4, 0.5) is 11.4 Å². The standard InChI is InChI=1S/C11H16N6O4/c12-10(18)5-16(6-11(13)19)4-7-1-2-9(17(20)21)8(3-7)15-14/h1-3,15H,4-6,14H2,(H2,12,18)(H2,13,19). The Labute approximate surface area is 120 Å². The maximum atomic E-state index is 11.0. The topological polar surface area (TPSA) is 171 Å². The van der Waals surface area contributed by atoms with Gasteiger partial charge in [-0.3, -0.25) is 30.4 Å². The van der Waals surface area contributed by atoms with Crippen LogP contribution < -0.4 is 22.7 Å². The maximum absolute atomic E-state index is 11.0. The van der Waals surface area contributed by atoms with Crippen molar-refractivity contribution < 1.29 is 14.5 Å². The largest absolute Gasteiger partial charge is 0.369 e. The van der Waals surface area contributed by atoms with E-state index in [0.717, 1.165) is 0 Å². The summed E-state index contributed by atoms with van der Waals surface area (Å²) >= 11 is 0. The van der Waals surface area contributed by atoms with Gasteiger partial charge in [0.1, 0.15) is 5.69 Å². The molecule has 0 heterocycles. The number of anilines is 1. The number of nitrogens with two attached hydrogens (primary N) is 3. The van der Waals surface area contributed by atoms with Crippen molar-refractivity contribution in [1.82, 2.24) is 4.90 Å². The van der Waals surface area contributed by atoms with Crippen molar-refractivity contribution in [2.24, 2.45) is 17.3 Å². The third-order valence-electron chi connectivity index (χ3n) is 2.58. The molecule has 0 radical (unpaired) electrons. The van der Waals surface area contributed by atoms with Gasteiger partial charge in [-0.2, -0.15) is 0 Å². The number of hydrazine groups is 1. The van der Waals surface area contributed by atoms with Crippen LogP contribution in [0.5, 0.6) is 0 Å². The summed E-state index contributed by atoms with van der Waals surface area (Å²) < 4.78 is 0. The van der Waals surface area contributed by atoms with Gasteiger partial charge in [0.25, 0.3) is 5.69 Å². The van der Waals surface area contributed by atoms with E-state index in [1.54, 1.807) is 0 Å². The molecule has 10 heteroatoms. The van der Waals surface area contributed by atoms with E-state index in [1.165, 1.54) is 23.1 Å². The molecule has 10 nitrogen and oxygen atoms in total. The van der Waals surface area contributed by atoms with E-state index >= 15 is 0 Å². The zero-order valence-corrected chi connectivity index (χ0v) is 11.1. The first-order chi connectivity index (χ1) is 9.83. The van der Waals surface area contributed by atoms with E-state index in [9.17, 15) is 19.7 Å². The second kappa shape index (κ2) is 7.17. The first-order valence-electron chi connectivity index (χ1n) is 5.86. The van der Waals surface area contributed by atoms with Crippen LogP contribution in [-0.2, 0) is 16.1 Å². The Morgan fingerprint density at radius 1 is 1.24 bits per heavy atom. The Hall–Kier alpha value is -2.72. The molecular weight excluding hydrogens is 280 g/mol. The van der Waals surface area contributed by atoms with Gasteiger partial charge in [0.05, 0.1) is 18.0 Å². The van der Waals surface area contributed by atoms with E-state index in [-0.39, 0.29) is 31.0 Å². The number of nitrogens with one attached hydrogen (secondary N) is 1. The van der Waals surface area contributed by atoms with Gasteiger partial charge in [0.2, 0.25) is 11.8 Å². The number of rotatable bonds is 8. The van der Waals surface area contributed by atoms with Crippen LogP contribution in [0.1, 0.15) is 5.56 Å². The molecule has 0 saturated carbocycles. The average molecular weight is 296 g/mol. The number of nitro benzene ring substituents is 1. The molecule has 0 fully saturated rings. The number of nitrogen functional groups attached to an aromatic ring is 1. The molecule has 2 amide bonds. The van der Waals surface area contributed by atoms with Crippen LogP contribution >= 0.6 is 0 Å². The highest BCUT2D eigenvalue weighted by Crippen LogP contribution is 2.25. The van der Waals surface area contributed by atoms with Crippen LogP contribution in [0.3, 0.4) is 0 Å². The second-order valence-corrected chi connectivity index (χ2v) is 4.33. The molecule has 7 N–H and O–H groups in total. The Balaban J connectivity index is 2.95. The normalized spacial score (nSPS) is 10.4. The monoisotopic (exact) mass is 296 g/mol. The molecule has 0 atom stereocenters. The Bertz CT molecular complexity index is 546. The number of carbonyl (C=O) groups excluding carboxylic acids is 2. The van der Waals surface area contributed by atoms with Gasteiger partial charge in [0, 0.05) is 12.6 Å². The third-order valence-corrected chi connectivity index (χ3v) is 2.58. The molecule has 0 aliphatic heterocycles. The van der Waals surface area contributed by atoms with Crippen LogP contribution in [0.25, 0.3) is 0 Å². The fraction of sp³-hybridized carbons (Fsp3) is 0.273. The molecule has 1 aromatic carbocycles. The Kier molecular flexibility index (Phi) is 5.57. The Morgan fingerprint density at radius 2 is 1.81 bits per heavy atom. The molecule has 0 aliphatic carbocycles. The third kappa shape index (κ3) is 5.04. The van der Waals surface area contributed by atoms with E-state index in [4.69, 9.17) is 17.3 Å². The average Bonchev–Trinajstić information content (AvgIpc) is 2.36. The molecule has 0 aliphatic rings. The van der Waals surface area contributed by atoms with Crippen LogP contribution in [0, 0.1) is 10.1 Å². The fourth-order valence-corrected chi connectivity index (χ4v) is 1.82. The molecule has 1 aromatic rings. The molecule has 21 heavy (non-hydrogen) atoms. The van der Waals surface area contributed by atoms with E-state index in [2.05, 4.69) is 5.43 Å². The second-order valence-electron chi connectivity index (χ2n) is 4.33. The highest BCUT2D eigenvalue weighted by Gasteiger charge is 2.16. The van der Waals surface area contributed by atoms with Crippen LogP contribution in [0.2, 0.25) is 0 Å². The van der Waals surface area contributed by atoms with Gasteiger partial charge >= 0.3 is 0 Å². The number of hydrogen-bond donors (Lipinski definition) is 4. The predicted octanol–water partition coefficient (Wildman–Crippen LogP) is -1.35. The summed E-state index contributed by atoms with van der Waals surface area (Å²) in [5, 5.41) is 10.8. The lowest BCUT2D eigenvalue weighted by molar-refractivity contribution is -0.384. The molecule has 114 valence electrons. The molecule has 0 saturated heterocycles. The molecule has 0 aromatic heterocycles. The first kappa shape index (κ1) is 16.3. The molecule has 0 spiro atoms. The molecule has 0 unspecified atom stereocenters. The predicted molar refractivity (Wildman–Crippen MR) is 74.6 cm³/mol.